The zero-order valence-electron chi connectivity index (χ0n) is 14.6. The van der Waals surface area contributed by atoms with E-state index in [1.807, 2.05) is 59.5 Å². The average molecular weight is 337 g/mol. The molecule has 4 nitrogen and oxygen atoms in total. The normalized spacial score (nSPS) is 17.0. The lowest BCUT2D eigenvalue weighted by molar-refractivity contribution is -0.126. The summed E-state index contributed by atoms with van der Waals surface area (Å²) >= 11 is 0. The van der Waals surface area contributed by atoms with Crippen molar-refractivity contribution in [3.05, 3.63) is 65.7 Å². The van der Waals surface area contributed by atoms with Gasteiger partial charge in [-0.3, -0.25) is 4.79 Å². The summed E-state index contributed by atoms with van der Waals surface area (Å²) in [4.78, 5) is 14.6. The van der Waals surface area contributed by atoms with E-state index in [0.29, 0.717) is 0 Å². The van der Waals surface area contributed by atoms with Gasteiger partial charge >= 0.3 is 0 Å². The zero-order chi connectivity index (χ0) is 17.6. The second kappa shape index (κ2) is 7.88. The third-order valence-electron chi connectivity index (χ3n) is 4.55. The molecule has 0 radical (unpaired) electrons. The Morgan fingerprint density at radius 2 is 1.92 bits per heavy atom. The van der Waals surface area contributed by atoms with Crippen LogP contribution in [-0.2, 0) is 4.79 Å². The number of benzene rings is 2. The molecule has 1 amide bonds. The van der Waals surface area contributed by atoms with Crippen LogP contribution in [0.25, 0.3) is 6.08 Å². The molecular weight excluding hydrogens is 314 g/mol. The topological polar surface area (TPSA) is 38.8 Å². The van der Waals surface area contributed by atoms with E-state index in [1.165, 1.54) is 0 Å². The van der Waals surface area contributed by atoms with E-state index in [0.717, 1.165) is 42.0 Å². The van der Waals surface area contributed by atoms with E-state index in [4.69, 9.17) is 9.47 Å². The molecule has 1 unspecified atom stereocenters. The molecule has 4 heteroatoms. The van der Waals surface area contributed by atoms with Gasteiger partial charge in [-0.1, -0.05) is 30.3 Å². The van der Waals surface area contributed by atoms with Crippen molar-refractivity contribution in [2.24, 2.45) is 0 Å². The van der Waals surface area contributed by atoms with Gasteiger partial charge in [0, 0.05) is 24.3 Å². The van der Waals surface area contributed by atoms with Crippen LogP contribution in [0.3, 0.4) is 0 Å². The number of nitrogens with zero attached hydrogens (tertiary/aromatic N) is 1. The molecule has 0 saturated carbocycles. The Labute approximate surface area is 148 Å². The molecule has 1 fully saturated rings. The number of ether oxygens (including phenoxy) is 2. The molecule has 1 saturated heterocycles. The second-order valence-electron chi connectivity index (χ2n) is 6.04. The first-order valence-electron chi connectivity index (χ1n) is 8.48. The maximum absolute atomic E-state index is 12.7. The van der Waals surface area contributed by atoms with E-state index in [-0.39, 0.29) is 11.9 Å². The molecule has 1 atom stereocenters. The zero-order valence-corrected chi connectivity index (χ0v) is 14.6. The Hall–Kier alpha value is -2.75. The van der Waals surface area contributed by atoms with Crippen LogP contribution in [0.5, 0.6) is 11.5 Å². The molecular formula is C21H23NO3. The van der Waals surface area contributed by atoms with Crippen molar-refractivity contribution >= 4 is 12.0 Å². The average Bonchev–Trinajstić information content (AvgIpc) is 3.16. The SMILES string of the molecule is COc1ccc(C2CCCN2C(=O)/C=C/c2ccccc2)c(OC)c1. The molecule has 0 N–H and O–H groups in total. The van der Waals surface area contributed by atoms with Gasteiger partial charge in [0.15, 0.2) is 0 Å². The van der Waals surface area contributed by atoms with E-state index in [1.54, 1.807) is 20.3 Å². The first-order chi connectivity index (χ1) is 12.2. The fourth-order valence-corrected chi connectivity index (χ4v) is 3.27. The van der Waals surface area contributed by atoms with Crippen LogP contribution in [0.2, 0.25) is 0 Å². The van der Waals surface area contributed by atoms with Gasteiger partial charge in [0.1, 0.15) is 11.5 Å². The first-order valence-corrected chi connectivity index (χ1v) is 8.48. The van der Waals surface area contributed by atoms with Gasteiger partial charge in [-0.05, 0) is 36.6 Å². The van der Waals surface area contributed by atoms with Crippen molar-refractivity contribution in [1.29, 1.82) is 0 Å². The van der Waals surface area contributed by atoms with Gasteiger partial charge in [0.05, 0.1) is 20.3 Å². The van der Waals surface area contributed by atoms with Gasteiger partial charge < -0.3 is 14.4 Å². The number of hydrogen-bond donors (Lipinski definition) is 0. The summed E-state index contributed by atoms with van der Waals surface area (Å²) in [5, 5.41) is 0. The molecule has 1 aliphatic rings. The fraction of sp³-hybridized carbons (Fsp3) is 0.286. The fourth-order valence-electron chi connectivity index (χ4n) is 3.27. The highest BCUT2D eigenvalue weighted by Gasteiger charge is 2.30. The highest BCUT2D eigenvalue weighted by molar-refractivity contribution is 5.92. The molecule has 0 bridgehead atoms. The van der Waals surface area contributed by atoms with Gasteiger partial charge in [0.2, 0.25) is 5.91 Å². The highest BCUT2D eigenvalue weighted by Crippen LogP contribution is 2.38. The second-order valence-corrected chi connectivity index (χ2v) is 6.04. The number of rotatable bonds is 5. The van der Waals surface area contributed by atoms with Crippen molar-refractivity contribution in [3.63, 3.8) is 0 Å². The Kier molecular flexibility index (Phi) is 5.39. The molecule has 1 heterocycles. The molecule has 0 spiro atoms. The monoisotopic (exact) mass is 337 g/mol. The molecule has 1 aliphatic heterocycles. The summed E-state index contributed by atoms with van der Waals surface area (Å²) in [7, 11) is 3.28. The maximum atomic E-state index is 12.7. The van der Waals surface area contributed by atoms with Crippen molar-refractivity contribution in [2.75, 3.05) is 20.8 Å². The molecule has 0 aliphatic carbocycles. The maximum Gasteiger partial charge on any atom is 0.247 e. The number of amides is 1. The largest absolute Gasteiger partial charge is 0.497 e. The standard InChI is InChI=1S/C21H23NO3/c1-24-17-11-12-18(20(15-17)25-2)19-9-6-14-22(19)21(23)13-10-16-7-4-3-5-8-16/h3-5,7-8,10-13,15,19H,6,9,14H2,1-2H3/b13-10+. The third kappa shape index (κ3) is 3.85. The summed E-state index contributed by atoms with van der Waals surface area (Å²) in [5.41, 5.74) is 2.05. The minimum absolute atomic E-state index is 0.0317. The van der Waals surface area contributed by atoms with Crippen LogP contribution in [0.15, 0.2) is 54.6 Å². The molecule has 2 aromatic carbocycles. The Morgan fingerprint density at radius 3 is 2.64 bits per heavy atom. The van der Waals surface area contributed by atoms with E-state index in [2.05, 4.69) is 0 Å². The summed E-state index contributed by atoms with van der Waals surface area (Å²) < 4.78 is 10.8. The number of methoxy groups -OCH3 is 2. The van der Waals surface area contributed by atoms with Crippen molar-refractivity contribution in [3.8, 4) is 11.5 Å². The predicted molar refractivity (Wildman–Crippen MR) is 98.7 cm³/mol. The van der Waals surface area contributed by atoms with E-state index >= 15 is 0 Å². The van der Waals surface area contributed by atoms with Crippen LogP contribution in [0.1, 0.15) is 30.0 Å². The van der Waals surface area contributed by atoms with Crippen LogP contribution in [-0.4, -0.2) is 31.6 Å². The van der Waals surface area contributed by atoms with Crippen LogP contribution in [0, 0.1) is 0 Å². The van der Waals surface area contributed by atoms with Crippen LogP contribution < -0.4 is 9.47 Å². The first kappa shape index (κ1) is 17.1. The Bertz CT molecular complexity index is 755. The van der Waals surface area contributed by atoms with Crippen LogP contribution in [0.4, 0.5) is 0 Å². The number of hydrogen-bond acceptors (Lipinski definition) is 3. The lowest BCUT2D eigenvalue weighted by Gasteiger charge is -2.25. The molecule has 2 aromatic rings. The number of carbonyl (C=O) groups excluding carboxylic acids is 1. The number of carbonyl (C=O) groups is 1. The molecule has 0 aromatic heterocycles. The minimum atomic E-state index is 0.0317. The van der Waals surface area contributed by atoms with Crippen molar-refractivity contribution < 1.29 is 14.3 Å². The Balaban J connectivity index is 1.81. The summed E-state index contributed by atoms with van der Waals surface area (Å²) in [6.45, 7) is 0.762. The quantitative estimate of drug-likeness (QED) is 0.772. The lowest BCUT2D eigenvalue weighted by Crippen LogP contribution is -2.29. The lowest BCUT2D eigenvalue weighted by atomic mass is 10.0. The smallest absolute Gasteiger partial charge is 0.247 e. The van der Waals surface area contributed by atoms with E-state index < -0.39 is 0 Å². The van der Waals surface area contributed by atoms with E-state index in [9.17, 15) is 4.79 Å². The van der Waals surface area contributed by atoms with Gasteiger partial charge in [0.25, 0.3) is 0 Å². The molecule has 3 rings (SSSR count). The van der Waals surface area contributed by atoms with Gasteiger partial charge in [-0.25, -0.2) is 0 Å². The summed E-state index contributed by atoms with van der Waals surface area (Å²) in [6.07, 6.45) is 5.45. The highest BCUT2D eigenvalue weighted by atomic mass is 16.5. The summed E-state index contributed by atoms with van der Waals surface area (Å²) in [5.74, 6) is 1.54. The van der Waals surface area contributed by atoms with Crippen molar-refractivity contribution in [1.82, 2.24) is 4.90 Å². The predicted octanol–water partition coefficient (Wildman–Crippen LogP) is 4.08. The van der Waals surface area contributed by atoms with Gasteiger partial charge in [-0.2, -0.15) is 0 Å². The van der Waals surface area contributed by atoms with Crippen LogP contribution >= 0.6 is 0 Å². The molecule has 25 heavy (non-hydrogen) atoms. The number of likely N-dealkylation sites (tertiary alicyclic amines) is 1. The van der Waals surface area contributed by atoms with Gasteiger partial charge in [-0.15, -0.1) is 0 Å². The third-order valence-corrected chi connectivity index (χ3v) is 4.55. The van der Waals surface area contributed by atoms with Crippen molar-refractivity contribution in [2.45, 2.75) is 18.9 Å². The minimum Gasteiger partial charge on any atom is -0.497 e. The summed E-state index contributed by atoms with van der Waals surface area (Å²) in [6, 6.07) is 15.7. The molecule has 130 valence electrons. The Morgan fingerprint density at radius 1 is 1.12 bits per heavy atom.